The number of fused-ring (bicyclic) bond motifs is 1. The predicted molar refractivity (Wildman–Crippen MR) is 119 cm³/mol. The Hall–Kier alpha value is -3.66. The lowest BCUT2D eigenvalue weighted by Crippen LogP contribution is -2.49. The van der Waals surface area contributed by atoms with E-state index in [9.17, 15) is 19.7 Å². The molecule has 4 rings (SSSR count). The van der Waals surface area contributed by atoms with E-state index in [-0.39, 0.29) is 35.8 Å². The van der Waals surface area contributed by atoms with Gasteiger partial charge in [-0.1, -0.05) is 12.1 Å². The number of hydrogen-bond acceptors (Lipinski definition) is 7. The smallest absolute Gasteiger partial charge is 0.271 e. The summed E-state index contributed by atoms with van der Waals surface area (Å²) in [6, 6.07) is 11.8. The Balaban J connectivity index is 1.49. The third-order valence-electron chi connectivity index (χ3n) is 6.17. The van der Waals surface area contributed by atoms with Gasteiger partial charge in [0.15, 0.2) is 6.61 Å². The van der Waals surface area contributed by atoms with Crippen molar-refractivity contribution in [2.45, 2.75) is 18.3 Å². The molecule has 2 aromatic carbocycles. The van der Waals surface area contributed by atoms with Crippen LogP contribution in [-0.2, 0) is 19.7 Å². The van der Waals surface area contributed by atoms with E-state index in [1.807, 2.05) is 24.3 Å². The van der Waals surface area contributed by atoms with Crippen molar-refractivity contribution in [1.29, 1.82) is 0 Å². The highest BCUT2D eigenvalue weighted by atomic mass is 16.6. The van der Waals surface area contributed by atoms with Crippen LogP contribution in [0.5, 0.6) is 11.5 Å². The summed E-state index contributed by atoms with van der Waals surface area (Å²) in [5.74, 6) is 0.284. The molecular formula is C23H25N3O7. The van der Waals surface area contributed by atoms with Gasteiger partial charge in [0.1, 0.15) is 18.0 Å². The Kier molecular flexibility index (Phi) is 6.45. The van der Waals surface area contributed by atoms with E-state index in [1.165, 1.54) is 23.1 Å². The van der Waals surface area contributed by atoms with E-state index in [1.54, 1.807) is 7.11 Å². The first-order chi connectivity index (χ1) is 15.9. The summed E-state index contributed by atoms with van der Waals surface area (Å²) < 4.78 is 16.2. The van der Waals surface area contributed by atoms with Gasteiger partial charge in [0.2, 0.25) is 5.91 Å². The summed E-state index contributed by atoms with van der Waals surface area (Å²) in [6.45, 7) is 1.06. The van der Waals surface area contributed by atoms with Crippen molar-refractivity contribution in [2.24, 2.45) is 0 Å². The molecule has 0 bridgehead atoms. The number of nitrogens with one attached hydrogen (secondary N) is 1. The number of benzene rings is 2. The lowest BCUT2D eigenvalue weighted by molar-refractivity contribution is -0.384. The minimum atomic E-state index is -0.554. The van der Waals surface area contributed by atoms with Crippen molar-refractivity contribution < 1.29 is 28.7 Å². The Morgan fingerprint density at radius 3 is 2.61 bits per heavy atom. The quantitative estimate of drug-likeness (QED) is 0.502. The molecular weight excluding hydrogens is 430 g/mol. The van der Waals surface area contributed by atoms with E-state index >= 15 is 0 Å². The lowest BCUT2D eigenvalue weighted by atomic mass is 9.74. The van der Waals surface area contributed by atoms with Crippen molar-refractivity contribution >= 4 is 23.2 Å². The fourth-order valence-electron chi connectivity index (χ4n) is 4.22. The molecule has 0 atom stereocenters. The van der Waals surface area contributed by atoms with Gasteiger partial charge in [-0.05, 0) is 36.6 Å². The van der Waals surface area contributed by atoms with Gasteiger partial charge in [0.25, 0.3) is 11.6 Å². The molecule has 0 radical (unpaired) electrons. The normalized spacial score (nSPS) is 17.0. The van der Waals surface area contributed by atoms with Crippen LogP contribution in [0.15, 0.2) is 42.5 Å². The third kappa shape index (κ3) is 4.75. The van der Waals surface area contributed by atoms with Gasteiger partial charge in [0.05, 0.1) is 17.7 Å². The van der Waals surface area contributed by atoms with Gasteiger partial charge >= 0.3 is 0 Å². The summed E-state index contributed by atoms with van der Waals surface area (Å²) in [7, 11) is 1.61. The summed E-state index contributed by atoms with van der Waals surface area (Å²) >= 11 is 0. The zero-order chi connectivity index (χ0) is 23.4. The molecule has 0 unspecified atom stereocenters. The molecule has 0 spiro atoms. The number of nitro groups is 1. The average molecular weight is 455 g/mol. The third-order valence-corrected chi connectivity index (χ3v) is 6.17. The van der Waals surface area contributed by atoms with Crippen molar-refractivity contribution in [3.63, 3.8) is 0 Å². The number of nitrogens with zero attached hydrogens (tertiary/aromatic N) is 2. The monoisotopic (exact) mass is 455 g/mol. The Morgan fingerprint density at radius 1 is 1.21 bits per heavy atom. The van der Waals surface area contributed by atoms with Crippen molar-refractivity contribution in [1.82, 2.24) is 5.32 Å². The van der Waals surface area contributed by atoms with Crippen LogP contribution in [0.3, 0.4) is 0 Å². The van der Waals surface area contributed by atoms with Crippen LogP contribution in [0.25, 0.3) is 0 Å². The molecule has 1 fully saturated rings. The van der Waals surface area contributed by atoms with Crippen LogP contribution < -0.4 is 19.7 Å². The first-order valence-electron chi connectivity index (χ1n) is 10.6. The summed E-state index contributed by atoms with van der Waals surface area (Å²) in [6.07, 6.45) is 1.48. The van der Waals surface area contributed by atoms with Crippen LogP contribution in [0.1, 0.15) is 18.4 Å². The zero-order valence-electron chi connectivity index (χ0n) is 18.2. The average Bonchev–Trinajstić information content (AvgIpc) is 2.85. The Labute approximate surface area is 190 Å². The van der Waals surface area contributed by atoms with E-state index in [0.29, 0.717) is 25.5 Å². The lowest BCUT2D eigenvalue weighted by Gasteiger charge is -2.38. The fourth-order valence-corrected chi connectivity index (χ4v) is 4.22. The van der Waals surface area contributed by atoms with Gasteiger partial charge in [-0.2, -0.15) is 0 Å². The molecule has 0 aromatic heterocycles. The second kappa shape index (κ2) is 9.45. The number of hydrogen-bond donors (Lipinski definition) is 1. The standard InChI is InChI=1S/C23H25N3O7/c1-31-18-5-2-16(3-6-18)23(8-10-32-11-9-23)15-24-21(27)13-25-19-12-17(26(29)30)4-7-20(19)33-14-22(25)28/h2-7,12H,8-11,13-15H2,1H3,(H,24,27). The second-order valence-corrected chi connectivity index (χ2v) is 8.08. The molecule has 33 heavy (non-hydrogen) atoms. The van der Waals surface area contributed by atoms with E-state index < -0.39 is 10.8 Å². The SMILES string of the molecule is COc1ccc(C2(CNC(=O)CN3C(=O)COc4ccc([N+](=O)[O-])cc43)CCOCC2)cc1. The molecule has 1 saturated heterocycles. The van der Waals surface area contributed by atoms with Gasteiger partial charge in [-0.15, -0.1) is 0 Å². The molecule has 10 heteroatoms. The number of methoxy groups -OCH3 is 1. The van der Waals surface area contributed by atoms with Gasteiger partial charge in [-0.25, -0.2) is 0 Å². The molecule has 2 aliphatic rings. The van der Waals surface area contributed by atoms with Crippen LogP contribution in [0.4, 0.5) is 11.4 Å². The van der Waals surface area contributed by atoms with E-state index in [4.69, 9.17) is 14.2 Å². The van der Waals surface area contributed by atoms with Crippen LogP contribution in [0.2, 0.25) is 0 Å². The number of anilines is 1. The van der Waals surface area contributed by atoms with Gasteiger partial charge in [0, 0.05) is 37.3 Å². The van der Waals surface area contributed by atoms with E-state index in [0.717, 1.165) is 24.2 Å². The highest BCUT2D eigenvalue weighted by Crippen LogP contribution is 2.36. The predicted octanol–water partition coefficient (Wildman–Crippen LogP) is 2.19. The van der Waals surface area contributed by atoms with Crippen molar-refractivity contribution in [3.8, 4) is 11.5 Å². The number of non-ortho nitro benzene ring substituents is 1. The van der Waals surface area contributed by atoms with Crippen LogP contribution in [0, 0.1) is 10.1 Å². The zero-order valence-corrected chi connectivity index (χ0v) is 18.2. The molecule has 174 valence electrons. The maximum Gasteiger partial charge on any atom is 0.271 e. The number of carbonyl (C=O) groups excluding carboxylic acids is 2. The van der Waals surface area contributed by atoms with Crippen LogP contribution in [-0.4, -0.2) is 56.8 Å². The van der Waals surface area contributed by atoms with E-state index in [2.05, 4.69) is 5.32 Å². The van der Waals surface area contributed by atoms with Crippen LogP contribution >= 0.6 is 0 Å². The van der Waals surface area contributed by atoms with Gasteiger partial charge < -0.3 is 19.5 Å². The molecule has 2 amide bonds. The second-order valence-electron chi connectivity index (χ2n) is 8.08. The number of amides is 2. The Morgan fingerprint density at radius 2 is 1.94 bits per heavy atom. The molecule has 0 saturated carbocycles. The largest absolute Gasteiger partial charge is 0.497 e. The highest BCUT2D eigenvalue weighted by Gasteiger charge is 2.36. The first-order valence-corrected chi connectivity index (χ1v) is 10.6. The maximum absolute atomic E-state index is 12.9. The van der Waals surface area contributed by atoms with Crippen molar-refractivity contribution in [3.05, 3.63) is 58.1 Å². The first kappa shape index (κ1) is 22.5. The number of nitro benzene ring substituents is 1. The highest BCUT2D eigenvalue weighted by molar-refractivity contribution is 6.02. The maximum atomic E-state index is 12.9. The molecule has 2 aromatic rings. The molecule has 2 heterocycles. The fraction of sp³-hybridized carbons (Fsp3) is 0.391. The number of rotatable bonds is 7. The van der Waals surface area contributed by atoms with Gasteiger partial charge in [-0.3, -0.25) is 24.6 Å². The molecule has 2 aliphatic heterocycles. The molecule has 0 aliphatic carbocycles. The summed E-state index contributed by atoms with van der Waals surface area (Å²) in [5, 5.41) is 14.1. The van der Waals surface area contributed by atoms with Crippen molar-refractivity contribution in [2.75, 3.05) is 44.9 Å². The minimum absolute atomic E-state index is 0.182. The number of carbonyl (C=O) groups is 2. The number of ether oxygens (including phenoxy) is 3. The topological polar surface area (TPSA) is 120 Å². The summed E-state index contributed by atoms with van der Waals surface area (Å²) in [4.78, 5) is 37.1. The summed E-state index contributed by atoms with van der Waals surface area (Å²) in [5.41, 5.74) is 0.811. The molecule has 10 nitrogen and oxygen atoms in total. The minimum Gasteiger partial charge on any atom is -0.497 e. The molecule has 1 N–H and O–H groups in total. The Bertz CT molecular complexity index is 1050.